The zero-order valence-corrected chi connectivity index (χ0v) is 9.84. The Labute approximate surface area is 97.1 Å². The van der Waals surface area contributed by atoms with Crippen molar-refractivity contribution in [3.05, 3.63) is 35.4 Å². The van der Waals surface area contributed by atoms with Crippen LogP contribution >= 0.6 is 0 Å². The van der Waals surface area contributed by atoms with E-state index >= 15 is 0 Å². The van der Waals surface area contributed by atoms with E-state index in [1.54, 1.807) is 6.92 Å². The summed E-state index contributed by atoms with van der Waals surface area (Å²) in [5, 5.41) is 3.04. The molecule has 0 amide bonds. The summed E-state index contributed by atoms with van der Waals surface area (Å²) < 4.78 is 0. The van der Waals surface area contributed by atoms with Crippen molar-refractivity contribution in [1.29, 1.82) is 0 Å². The van der Waals surface area contributed by atoms with Gasteiger partial charge in [-0.3, -0.25) is 4.79 Å². The lowest BCUT2D eigenvalue weighted by molar-refractivity contribution is -0.116. The quantitative estimate of drug-likeness (QED) is 0.612. The van der Waals surface area contributed by atoms with Crippen molar-refractivity contribution in [2.24, 2.45) is 0 Å². The Morgan fingerprint density at radius 2 is 2.00 bits per heavy atom. The fourth-order valence-electron chi connectivity index (χ4n) is 1.35. The molecule has 0 heterocycles. The Morgan fingerprint density at radius 3 is 2.56 bits per heavy atom. The van der Waals surface area contributed by atoms with Gasteiger partial charge in [-0.2, -0.15) is 0 Å². The van der Waals surface area contributed by atoms with Crippen LogP contribution in [0.2, 0.25) is 0 Å². The zero-order chi connectivity index (χ0) is 11.8. The maximum absolute atomic E-state index is 10.9. The molecule has 2 nitrogen and oxygen atoms in total. The molecule has 0 saturated carbocycles. The van der Waals surface area contributed by atoms with Gasteiger partial charge in [-0.1, -0.05) is 24.0 Å². The van der Waals surface area contributed by atoms with E-state index in [0.717, 1.165) is 24.1 Å². The summed E-state index contributed by atoms with van der Waals surface area (Å²) in [6.07, 6.45) is 1.36. The molecule has 1 N–H and O–H groups in total. The van der Waals surface area contributed by atoms with Crippen molar-refractivity contribution in [2.45, 2.75) is 19.8 Å². The second-order valence-electron chi connectivity index (χ2n) is 3.73. The molecule has 0 aromatic heterocycles. The van der Waals surface area contributed by atoms with Crippen LogP contribution in [-0.4, -0.2) is 19.4 Å². The number of benzene rings is 1. The molecule has 0 aliphatic carbocycles. The van der Waals surface area contributed by atoms with Gasteiger partial charge in [0.05, 0.1) is 0 Å². The lowest BCUT2D eigenvalue weighted by atomic mass is 10.1. The van der Waals surface area contributed by atoms with Gasteiger partial charge in [-0.25, -0.2) is 0 Å². The third kappa shape index (κ3) is 4.77. The number of nitrogens with one attached hydrogen (secondary N) is 1. The van der Waals surface area contributed by atoms with Gasteiger partial charge in [0.1, 0.15) is 5.78 Å². The zero-order valence-electron chi connectivity index (χ0n) is 9.84. The molecule has 0 fully saturated rings. The van der Waals surface area contributed by atoms with Crippen molar-refractivity contribution in [1.82, 2.24) is 5.32 Å². The van der Waals surface area contributed by atoms with Crippen LogP contribution in [0, 0.1) is 11.8 Å². The van der Waals surface area contributed by atoms with Crippen LogP contribution in [-0.2, 0) is 11.2 Å². The van der Waals surface area contributed by atoms with Crippen molar-refractivity contribution in [3.8, 4) is 11.8 Å². The van der Waals surface area contributed by atoms with Gasteiger partial charge >= 0.3 is 0 Å². The van der Waals surface area contributed by atoms with E-state index in [-0.39, 0.29) is 5.78 Å². The molecule has 0 atom stereocenters. The number of carbonyl (C=O) groups is 1. The predicted octanol–water partition coefficient (Wildman–Crippen LogP) is 1.78. The van der Waals surface area contributed by atoms with E-state index in [1.807, 2.05) is 31.3 Å². The van der Waals surface area contributed by atoms with Crippen LogP contribution in [0.25, 0.3) is 0 Å². The number of hydrogen-bond donors (Lipinski definition) is 1. The van der Waals surface area contributed by atoms with Crippen LogP contribution in [0.15, 0.2) is 24.3 Å². The summed E-state index contributed by atoms with van der Waals surface area (Å²) >= 11 is 0. The van der Waals surface area contributed by atoms with Gasteiger partial charge in [-0.05, 0) is 31.7 Å². The smallest absolute Gasteiger partial charge is 0.134 e. The minimum absolute atomic E-state index is 0.188. The highest BCUT2D eigenvalue weighted by Gasteiger charge is 1.96. The Hall–Kier alpha value is -1.59. The lowest BCUT2D eigenvalue weighted by Crippen LogP contribution is -2.05. The van der Waals surface area contributed by atoms with E-state index in [4.69, 9.17) is 0 Å². The first-order chi connectivity index (χ1) is 7.72. The van der Waals surface area contributed by atoms with Crippen molar-refractivity contribution in [3.63, 3.8) is 0 Å². The van der Waals surface area contributed by atoms with Crippen LogP contribution in [0.4, 0.5) is 0 Å². The molecular formula is C14H17NO. The first-order valence-corrected chi connectivity index (χ1v) is 5.44. The highest BCUT2D eigenvalue weighted by molar-refractivity contribution is 5.78. The molecule has 2 heteroatoms. The minimum Gasteiger partial charge on any atom is -0.319 e. The van der Waals surface area contributed by atoms with Gasteiger partial charge < -0.3 is 5.32 Å². The highest BCUT2D eigenvalue weighted by Crippen LogP contribution is 2.04. The van der Waals surface area contributed by atoms with Crippen molar-refractivity contribution < 1.29 is 4.79 Å². The number of carbonyl (C=O) groups excluding carboxylic acids is 1. The Bertz CT molecular complexity index is 395. The summed E-state index contributed by atoms with van der Waals surface area (Å²) in [6.45, 7) is 2.51. The summed E-state index contributed by atoms with van der Waals surface area (Å²) in [4.78, 5) is 10.9. The van der Waals surface area contributed by atoms with Crippen LogP contribution in [0.5, 0.6) is 0 Å². The maximum Gasteiger partial charge on any atom is 0.134 e. The average molecular weight is 215 g/mol. The normalized spacial score (nSPS) is 9.38. The van der Waals surface area contributed by atoms with Gasteiger partial charge in [0.25, 0.3) is 0 Å². The van der Waals surface area contributed by atoms with Gasteiger partial charge in [0.2, 0.25) is 0 Å². The Morgan fingerprint density at radius 1 is 1.31 bits per heavy atom. The maximum atomic E-state index is 10.9. The first-order valence-electron chi connectivity index (χ1n) is 5.44. The molecule has 0 radical (unpaired) electrons. The summed E-state index contributed by atoms with van der Waals surface area (Å²) in [6, 6.07) is 7.85. The molecular weight excluding hydrogens is 198 g/mol. The molecule has 84 valence electrons. The largest absolute Gasteiger partial charge is 0.319 e. The molecule has 16 heavy (non-hydrogen) atoms. The standard InChI is InChI=1S/C14H17NO/c1-12(16)11-14-8-6-13(7-9-14)5-3-4-10-15-2/h6-9,15H,4,10-11H2,1-2H3. The molecule has 0 spiro atoms. The third-order valence-corrected chi connectivity index (χ3v) is 2.14. The average Bonchev–Trinajstić information content (AvgIpc) is 2.26. The second kappa shape index (κ2) is 6.81. The highest BCUT2D eigenvalue weighted by atomic mass is 16.1. The van der Waals surface area contributed by atoms with Crippen LogP contribution in [0.3, 0.4) is 0 Å². The molecule has 0 bridgehead atoms. The first kappa shape index (κ1) is 12.5. The third-order valence-electron chi connectivity index (χ3n) is 2.14. The lowest BCUT2D eigenvalue weighted by Gasteiger charge is -1.97. The van der Waals surface area contributed by atoms with E-state index in [2.05, 4.69) is 17.2 Å². The fourth-order valence-corrected chi connectivity index (χ4v) is 1.35. The Kier molecular flexibility index (Phi) is 5.31. The molecule has 0 aliphatic rings. The number of hydrogen-bond acceptors (Lipinski definition) is 2. The van der Waals surface area contributed by atoms with E-state index in [9.17, 15) is 4.79 Å². The summed E-state index contributed by atoms with van der Waals surface area (Å²) in [5.41, 5.74) is 2.05. The SMILES string of the molecule is CNCCC#Cc1ccc(CC(C)=O)cc1. The molecule has 0 unspecified atom stereocenters. The fraction of sp³-hybridized carbons (Fsp3) is 0.357. The van der Waals surface area contributed by atoms with Gasteiger partial charge in [0.15, 0.2) is 0 Å². The predicted molar refractivity (Wildman–Crippen MR) is 66.2 cm³/mol. The molecule has 0 saturated heterocycles. The van der Waals surface area contributed by atoms with E-state index in [1.165, 1.54) is 0 Å². The topological polar surface area (TPSA) is 29.1 Å². The molecule has 1 aromatic rings. The monoisotopic (exact) mass is 215 g/mol. The number of Topliss-reactive ketones (excluding diaryl/α,β-unsaturated/α-hetero) is 1. The molecule has 1 rings (SSSR count). The van der Waals surface area contributed by atoms with Crippen molar-refractivity contribution >= 4 is 5.78 Å². The number of rotatable bonds is 4. The van der Waals surface area contributed by atoms with Crippen LogP contribution in [0.1, 0.15) is 24.5 Å². The van der Waals surface area contributed by atoms with Crippen LogP contribution < -0.4 is 5.32 Å². The van der Waals surface area contributed by atoms with Gasteiger partial charge in [0, 0.05) is 24.9 Å². The molecule has 0 aliphatic heterocycles. The summed E-state index contributed by atoms with van der Waals surface area (Å²) in [7, 11) is 1.91. The summed E-state index contributed by atoms with van der Waals surface area (Å²) in [5.74, 6) is 6.36. The van der Waals surface area contributed by atoms with E-state index in [0.29, 0.717) is 6.42 Å². The van der Waals surface area contributed by atoms with Crippen molar-refractivity contribution in [2.75, 3.05) is 13.6 Å². The Balaban J connectivity index is 2.56. The second-order valence-corrected chi connectivity index (χ2v) is 3.73. The minimum atomic E-state index is 0.188. The van der Waals surface area contributed by atoms with Gasteiger partial charge in [-0.15, -0.1) is 0 Å². The van der Waals surface area contributed by atoms with E-state index < -0.39 is 0 Å². The number of ketones is 1. The molecule has 1 aromatic carbocycles.